The van der Waals surface area contributed by atoms with E-state index in [0.29, 0.717) is 0 Å². The van der Waals surface area contributed by atoms with E-state index in [-0.39, 0.29) is 0 Å². The average molecular weight is 185 g/mol. The molecule has 1 nitrogen and oxygen atoms in total. The van der Waals surface area contributed by atoms with E-state index in [2.05, 4.69) is 43.8 Å². The van der Waals surface area contributed by atoms with Crippen molar-refractivity contribution in [3.8, 4) is 0 Å². The molecule has 0 unspecified atom stereocenters. The normalized spacial score (nSPS) is 12.1. The second-order valence-corrected chi connectivity index (χ2v) is 8.19. The zero-order valence-corrected chi connectivity index (χ0v) is 10.1. The first kappa shape index (κ1) is 11.9. The molecule has 0 heterocycles. The van der Waals surface area contributed by atoms with Gasteiger partial charge in [-0.05, 0) is 25.9 Å². The van der Waals surface area contributed by atoms with E-state index in [4.69, 9.17) is 0 Å². The van der Waals surface area contributed by atoms with Gasteiger partial charge in [0, 0.05) is 0 Å². The molecule has 0 aliphatic heterocycles. The van der Waals surface area contributed by atoms with Crippen molar-refractivity contribution < 1.29 is 0 Å². The maximum Gasteiger partial charge on any atom is 0.146 e. The first-order valence-corrected chi connectivity index (χ1v) is 7.99. The van der Waals surface area contributed by atoms with E-state index in [1.165, 1.54) is 25.9 Å². The van der Waals surface area contributed by atoms with Crippen molar-refractivity contribution >= 4 is 8.24 Å². The van der Waals surface area contributed by atoms with Gasteiger partial charge in [0.15, 0.2) is 0 Å². The van der Waals surface area contributed by atoms with Crippen LogP contribution in [0, 0.1) is 0 Å². The van der Waals surface area contributed by atoms with E-state index in [1.54, 1.807) is 0 Å². The van der Waals surface area contributed by atoms with Crippen LogP contribution in [0.15, 0.2) is 12.3 Å². The summed E-state index contributed by atoms with van der Waals surface area (Å²) in [6, 6.07) is 0. The first-order valence-electron chi connectivity index (χ1n) is 4.97. The van der Waals surface area contributed by atoms with Gasteiger partial charge in [0.05, 0.1) is 0 Å². The predicted molar refractivity (Wildman–Crippen MR) is 59.8 cm³/mol. The van der Waals surface area contributed by atoms with Gasteiger partial charge in [-0.15, -0.1) is 6.58 Å². The topological polar surface area (TPSA) is 3.24 Å². The molecule has 0 aromatic rings. The van der Waals surface area contributed by atoms with Gasteiger partial charge in [0.1, 0.15) is 8.24 Å². The molecule has 0 amide bonds. The molecule has 0 aromatic carbocycles. The fraction of sp³-hybridized carbons (Fsp3) is 0.800. The number of nitrogens with zero attached hydrogens (tertiary/aromatic N) is 1. The van der Waals surface area contributed by atoms with Gasteiger partial charge < -0.3 is 4.57 Å². The highest BCUT2D eigenvalue weighted by molar-refractivity contribution is 6.79. The second kappa shape index (κ2) is 5.54. The van der Waals surface area contributed by atoms with E-state index in [0.717, 1.165) is 0 Å². The van der Waals surface area contributed by atoms with Gasteiger partial charge in [0.25, 0.3) is 0 Å². The maximum atomic E-state index is 3.94. The lowest BCUT2D eigenvalue weighted by molar-refractivity contribution is 0.424. The molecule has 2 heteroatoms. The molecular weight excluding hydrogens is 162 g/mol. The Hall–Kier alpha value is -0.0831. The molecule has 0 atom stereocenters. The van der Waals surface area contributed by atoms with Crippen molar-refractivity contribution in [1.29, 1.82) is 0 Å². The van der Waals surface area contributed by atoms with E-state index in [1.807, 2.05) is 0 Å². The molecule has 0 aliphatic carbocycles. The lowest BCUT2D eigenvalue weighted by atomic mass is 10.4. The molecule has 0 saturated heterocycles. The molecule has 0 saturated carbocycles. The van der Waals surface area contributed by atoms with Crippen molar-refractivity contribution in [3.05, 3.63) is 12.3 Å². The SMILES string of the molecule is C=C[Si](C)(C)N(CCC)CCC. The summed E-state index contributed by atoms with van der Waals surface area (Å²) in [6.07, 6.45) is 2.51. The molecular formula is C10H23NSi. The van der Waals surface area contributed by atoms with Gasteiger partial charge in [0.2, 0.25) is 0 Å². The van der Waals surface area contributed by atoms with Crippen molar-refractivity contribution in [2.24, 2.45) is 0 Å². The van der Waals surface area contributed by atoms with Gasteiger partial charge in [-0.25, -0.2) is 0 Å². The molecule has 72 valence electrons. The Bertz CT molecular complexity index is 126. The minimum atomic E-state index is -1.25. The summed E-state index contributed by atoms with van der Waals surface area (Å²) in [7, 11) is -1.25. The third-order valence-electron chi connectivity index (χ3n) is 2.30. The van der Waals surface area contributed by atoms with Gasteiger partial charge in [-0.3, -0.25) is 0 Å². The standard InChI is InChI=1S/C10H23NSi/c1-6-9-11(10-7-2)12(4,5)8-3/h8H,3,6-7,9-10H2,1-2,4-5H3. The van der Waals surface area contributed by atoms with Crippen LogP contribution in [-0.4, -0.2) is 25.9 Å². The van der Waals surface area contributed by atoms with Crippen LogP contribution >= 0.6 is 0 Å². The molecule has 0 radical (unpaired) electrons. The van der Waals surface area contributed by atoms with Crippen LogP contribution in [0.2, 0.25) is 13.1 Å². The van der Waals surface area contributed by atoms with Crippen molar-refractivity contribution in [1.82, 2.24) is 4.57 Å². The van der Waals surface area contributed by atoms with Gasteiger partial charge in [-0.1, -0.05) is 32.6 Å². The molecule has 0 N–H and O–H groups in total. The van der Waals surface area contributed by atoms with Crippen LogP contribution in [-0.2, 0) is 0 Å². The van der Waals surface area contributed by atoms with Crippen molar-refractivity contribution in [2.45, 2.75) is 39.8 Å². The van der Waals surface area contributed by atoms with E-state index >= 15 is 0 Å². The molecule has 0 spiro atoms. The van der Waals surface area contributed by atoms with E-state index in [9.17, 15) is 0 Å². The summed E-state index contributed by atoms with van der Waals surface area (Å²) in [5.41, 5.74) is 2.18. The van der Waals surface area contributed by atoms with Crippen LogP contribution in [0.5, 0.6) is 0 Å². The minimum Gasteiger partial charge on any atom is -0.321 e. The van der Waals surface area contributed by atoms with Crippen LogP contribution < -0.4 is 0 Å². The van der Waals surface area contributed by atoms with Crippen LogP contribution in [0.4, 0.5) is 0 Å². The van der Waals surface area contributed by atoms with E-state index < -0.39 is 8.24 Å². The Balaban J connectivity index is 4.16. The smallest absolute Gasteiger partial charge is 0.146 e. The summed E-state index contributed by atoms with van der Waals surface area (Å²) in [6.45, 7) is 15.6. The molecule has 0 aliphatic rings. The van der Waals surface area contributed by atoms with Crippen molar-refractivity contribution in [2.75, 3.05) is 13.1 Å². The van der Waals surface area contributed by atoms with Crippen LogP contribution in [0.1, 0.15) is 26.7 Å². The number of hydrogen-bond donors (Lipinski definition) is 0. The molecule has 12 heavy (non-hydrogen) atoms. The summed E-state index contributed by atoms with van der Waals surface area (Å²) in [5, 5.41) is 0. The van der Waals surface area contributed by atoms with Gasteiger partial charge in [-0.2, -0.15) is 0 Å². The fourth-order valence-electron chi connectivity index (χ4n) is 1.36. The molecule has 0 fully saturated rings. The van der Waals surface area contributed by atoms with Crippen LogP contribution in [0.3, 0.4) is 0 Å². The molecule has 0 rings (SSSR count). The zero-order chi connectivity index (χ0) is 9.61. The maximum absolute atomic E-state index is 3.94. The Morgan fingerprint density at radius 2 is 1.58 bits per heavy atom. The molecule has 0 bridgehead atoms. The zero-order valence-electron chi connectivity index (χ0n) is 9.06. The number of hydrogen-bond acceptors (Lipinski definition) is 1. The lowest BCUT2D eigenvalue weighted by Crippen LogP contribution is -2.47. The highest BCUT2D eigenvalue weighted by Crippen LogP contribution is 2.11. The monoisotopic (exact) mass is 185 g/mol. The average Bonchev–Trinajstić information content (AvgIpc) is 2.04. The Morgan fingerprint density at radius 1 is 1.17 bits per heavy atom. The van der Waals surface area contributed by atoms with Crippen molar-refractivity contribution in [3.63, 3.8) is 0 Å². The summed E-state index contributed by atoms with van der Waals surface area (Å²) < 4.78 is 2.62. The second-order valence-electron chi connectivity index (χ2n) is 3.84. The Kier molecular flexibility index (Phi) is 5.50. The van der Waals surface area contributed by atoms with Crippen LogP contribution in [0.25, 0.3) is 0 Å². The fourth-order valence-corrected chi connectivity index (χ4v) is 3.22. The molecule has 0 aromatic heterocycles. The minimum absolute atomic E-state index is 1.24. The summed E-state index contributed by atoms with van der Waals surface area (Å²) >= 11 is 0. The Labute approximate surface area is 78.6 Å². The highest BCUT2D eigenvalue weighted by Gasteiger charge is 2.23. The first-order chi connectivity index (χ1) is 5.58. The third-order valence-corrected chi connectivity index (χ3v) is 5.38. The highest BCUT2D eigenvalue weighted by atomic mass is 28.3. The quantitative estimate of drug-likeness (QED) is 0.575. The predicted octanol–water partition coefficient (Wildman–Crippen LogP) is 3.04. The summed E-state index contributed by atoms with van der Waals surface area (Å²) in [5.74, 6) is 0. The van der Waals surface area contributed by atoms with Gasteiger partial charge >= 0.3 is 0 Å². The largest absolute Gasteiger partial charge is 0.321 e. The third kappa shape index (κ3) is 3.54. The lowest BCUT2D eigenvalue weighted by Gasteiger charge is -2.34. The Morgan fingerprint density at radius 3 is 1.83 bits per heavy atom. The summed E-state index contributed by atoms with van der Waals surface area (Å²) in [4.78, 5) is 0. The number of rotatable bonds is 6.